The molecule has 1 unspecified atom stereocenters. The molecule has 1 atom stereocenters. The van der Waals surface area contributed by atoms with Crippen molar-refractivity contribution in [3.05, 3.63) is 46.0 Å². The third kappa shape index (κ3) is 2.39. The molecule has 2 aromatic rings. The molecular weight excluding hydrogens is 256 g/mol. The molecule has 1 aromatic heterocycles. The molecule has 0 saturated heterocycles. The SMILES string of the molecule is CCNC(c1csnn1)c1ccc(C)c(F)c1F. The lowest BCUT2D eigenvalue weighted by Gasteiger charge is -2.17. The van der Waals surface area contributed by atoms with Crippen molar-refractivity contribution in [1.29, 1.82) is 0 Å². The first kappa shape index (κ1) is 13.0. The third-order valence-electron chi connectivity index (χ3n) is 2.70. The van der Waals surface area contributed by atoms with Crippen molar-refractivity contribution in [2.75, 3.05) is 6.54 Å². The van der Waals surface area contributed by atoms with Crippen LogP contribution in [0.5, 0.6) is 0 Å². The second-order valence-corrected chi connectivity index (χ2v) is 4.53. The van der Waals surface area contributed by atoms with E-state index in [-0.39, 0.29) is 5.56 Å². The Balaban J connectivity index is 2.47. The zero-order valence-corrected chi connectivity index (χ0v) is 10.9. The van der Waals surface area contributed by atoms with Crippen LogP contribution in [0.15, 0.2) is 17.5 Å². The smallest absolute Gasteiger partial charge is 0.164 e. The summed E-state index contributed by atoms with van der Waals surface area (Å²) in [6.45, 7) is 4.06. The Kier molecular flexibility index (Phi) is 3.98. The third-order valence-corrected chi connectivity index (χ3v) is 3.22. The van der Waals surface area contributed by atoms with Crippen molar-refractivity contribution in [2.24, 2.45) is 0 Å². The average molecular weight is 269 g/mol. The second kappa shape index (κ2) is 5.49. The Morgan fingerprint density at radius 1 is 1.33 bits per heavy atom. The zero-order valence-electron chi connectivity index (χ0n) is 10.1. The maximum Gasteiger partial charge on any atom is 0.164 e. The lowest BCUT2D eigenvalue weighted by molar-refractivity contribution is 0.476. The Hall–Kier alpha value is -1.40. The van der Waals surface area contributed by atoms with Gasteiger partial charge in [-0.05, 0) is 30.6 Å². The number of aryl methyl sites for hydroxylation is 1. The predicted molar refractivity (Wildman–Crippen MR) is 66.5 cm³/mol. The fraction of sp³-hybridized carbons (Fsp3) is 0.333. The van der Waals surface area contributed by atoms with E-state index in [1.165, 1.54) is 18.5 Å². The molecule has 0 fully saturated rings. The highest BCUT2D eigenvalue weighted by Crippen LogP contribution is 2.26. The lowest BCUT2D eigenvalue weighted by Crippen LogP contribution is -2.24. The van der Waals surface area contributed by atoms with Crippen molar-refractivity contribution in [2.45, 2.75) is 19.9 Å². The van der Waals surface area contributed by atoms with Gasteiger partial charge in [0, 0.05) is 10.9 Å². The quantitative estimate of drug-likeness (QED) is 0.927. The predicted octanol–water partition coefficient (Wildman–Crippen LogP) is 2.82. The Morgan fingerprint density at radius 3 is 2.72 bits per heavy atom. The van der Waals surface area contributed by atoms with Crippen LogP contribution in [0.3, 0.4) is 0 Å². The van der Waals surface area contributed by atoms with Crippen LogP contribution in [0.25, 0.3) is 0 Å². The molecule has 2 rings (SSSR count). The minimum absolute atomic E-state index is 0.257. The summed E-state index contributed by atoms with van der Waals surface area (Å²) in [6.07, 6.45) is 0. The summed E-state index contributed by atoms with van der Waals surface area (Å²) >= 11 is 1.18. The number of benzene rings is 1. The topological polar surface area (TPSA) is 37.8 Å². The molecular formula is C12H13F2N3S. The van der Waals surface area contributed by atoms with Crippen LogP contribution in [0.2, 0.25) is 0 Å². The van der Waals surface area contributed by atoms with Crippen LogP contribution < -0.4 is 5.32 Å². The van der Waals surface area contributed by atoms with E-state index < -0.39 is 17.7 Å². The van der Waals surface area contributed by atoms with Crippen molar-refractivity contribution < 1.29 is 8.78 Å². The minimum Gasteiger partial charge on any atom is -0.305 e. The van der Waals surface area contributed by atoms with Crippen LogP contribution in [-0.2, 0) is 0 Å². The van der Waals surface area contributed by atoms with Gasteiger partial charge in [-0.15, -0.1) is 5.10 Å². The molecule has 0 radical (unpaired) electrons. The number of nitrogens with zero attached hydrogens (tertiary/aromatic N) is 2. The summed E-state index contributed by atoms with van der Waals surface area (Å²) in [5, 5.41) is 8.73. The number of aromatic nitrogens is 2. The molecule has 3 nitrogen and oxygen atoms in total. The first-order valence-electron chi connectivity index (χ1n) is 5.60. The van der Waals surface area contributed by atoms with Gasteiger partial charge in [0.15, 0.2) is 11.6 Å². The summed E-state index contributed by atoms with van der Waals surface area (Å²) in [4.78, 5) is 0. The molecule has 0 spiro atoms. The van der Waals surface area contributed by atoms with Gasteiger partial charge in [0.2, 0.25) is 0 Å². The molecule has 0 bridgehead atoms. The van der Waals surface area contributed by atoms with E-state index in [1.54, 1.807) is 17.5 Å². The lowest BCUT2D eigenvalue weighted by atomic mass is 10.0. The number of hydrogen-bond acceptors (Lipinski definition) is 4. The first-order chi connectivity index (χ1) is 8.65. The summed E-state index contributed by atoms with van der Waals surface area (Å²) in [5.41, 5.74) is 1.15. The number of rotatable bonds is 4. The molecule has 1 heterocycles. The van der Waals surface area contributed by atoms with Gasteiger partial charge in [0.25, 0.3) is 0 Å². The highest BCUT2D eigenvalue weighted by molar-refractivity contribution is 7.03. The molecule has 96 valence electrons. The van der Waals surface area contributed by atoms with Gasteiger partial charge < -0.3 is 5.32 Å². The molecule has 0 saturated carbocycles. The van der Waals surface area contributed by atoms with Gasteiger partial charge in [-0.25, -0.2) is 8.78 Å². The molecule has 18 heavy (non-hydrogen) atoms. The number of nitrogens with one attached hydrogen (secondary N) is 1. The molecule has 6 heteroatoms. The summed E-state index contributed by atoms with van der Waals surface area (Å²) in [7, 11) is 0. The van der Waals surface area contributed by atoms with Gasteiger partial charge >= 0.3 is 0 Å². The van der Waals surface area contributed by atoms with Crippen molar-refractivity contribution >= 4 is 11.5 Å². The molecule has 1 N–H and O–H groups in total. The first-order valence-corrected chi connectivity index (χ1v) is 6.43. The fourth-order valence-corrected chi connectivity index (χ4v) is 2.24. The van der Waals surface area contributed by atoms with Crippen LogP contribution in [0.1, 0.15) is 29.8 Å². The van der Waals surface area contributed by atoms with E-state index in [4.69, 9.17) is 0 Å². The van der Waals surface area contributed by atoms with Crippen molar-refractivity contribution in [3.63, 3.8) is 0 Å². The second-order valence-electron chi connectivity index (χ2n) is 3.92. The zero-order chi connectivity index (χ0) is 13.1. The van der Waals surface area contributed by atoms with Crippen LogP contribution in [-0.4, -0.2) is 16.1 Å². The molecule has 0 amide bonds. The number of halogens is 2. The highest BCUT2D eigenvalue weighted by atomic mass is 32.1. The number of hydrogen-bond donors (Lipinski definition) is 1. The van der Waals surface area contributed by atoms with Crippen molar-refractivity contribution in [1.82, 2.24) is 14.9 Å². The standard InChI is InChI=1S/C12H13F2N3S/c1-3-15-12(9-6-18-17-16-9)8-5-4-7(2)10(13)11(8)14/h4-6,12,15H,3H2,1-2H3. The van der Waals surface area contributed by atoms with E-state index >= 15 is 0 Å². The molecule has 0 aliphatic carbocycles. The van der Waals surface area contributed by atoms with Gasteiger partial charge in [-0.1, -0.05) is 23.5 Å². The van der Waals surface area contributed by atoms with E-state index in [0.29, 0.717) is 17.8 Å². The van der Waals surface area contributed by atoms with E-state index in [9.17, 15) is 8.78 Å². The monoisotopic (exact) mass is 269 g/mol. The normalized spacial score (nSPS) is 12.7. The summed E-state index contributed by atoms with van der Waals surface area (Å²) in [6, 6.07) is 2.68. The Morgan fingerprint density at radius 2 is 2.11 bits per heavy atom. The molecule has 1 aromatic carbocycles. The maximum absolute atomic E-state index is 14.0. The fourth-order valence-electron chi connectivity index (χ4n) is 1.76. The van der Waals surface area contributed by atoms with Gasteiger partial charge in [0.1, 0.15) is 0 Å². The van der Waals surface area contributed by atoms with Crippen LogP contribution in [0, 0.1) is 18.6 Å². The highest BCUT2D eigenvalue weighted by Gasteiger charge is 2.22. The minimum atomic E-state index is -0.825. The van der Waals surface area contributed by atoms with Crippen LogP contribution >= 0.6 is 11.5 Å². The maximum atomic E-state index is 14.0. The van der Waals surface area contributed by atoms with Crippen LogP contribution in [0.4, 0.5) is 8.78 Å². The summed E-state index contributed by atoms with van der Waals surface area (Å²) < 4.78 is 31.3. The Bertz CT molecular complexity index is 528. The summed E-state index contributed by atoms with van der Waals surface area (Å²) in [5.74, 6) is -1.63. The van der Waals surface area contributed by atoms with Crippen molar-refractivity contribution in [3.8, 4) is 0 Å². The van der Waals surface area contributed by atoms with E-state index in [0.717, 1.165) is 0 Å². The van der Waals surface area contributed by atoms with E-state index in [2.05, 4.69) is 14.9 Å². The Labute approximate surface area is 108 Å². The van der Waals surface area contributed by atoms with Gasteiger partial charge in [0.05, 0.1) is 11.7 Å². The molecule has 0 aliphatic rings. The molecule has 0 aliphatic heterocycles. The van der Waals surface area contributed by atoms with E-state index in [1.807, 2.05) is 6.92 Å². The largest absolute Gasteiger partial charge is 0.305 e. The van der Waals surface area contributed by atoms with Gasteiger partial charge in [-0.3, -0.25) is 0 Å². The average Bonchev–Trinajstić information content (AvgIpc) is 2.88. The van der Waals surface area contributed by atoms with Gasteiger partial charge in [-0.2, -0.15) is 0 Å².